The number of carbonyl (C=O) groups excluding carboxylic acids is 1. The second kappa shape index (κ2) is 3.20. The Hall–Kier alpha value is -1.62. The summed E-state index contributed by atoms with van der Waals surface area (Å²) in [4.78, 5) is 22.8. The molecule has 1 aromatic heterocycles. The van der Waals surface area contributed by atoms with Crippen LogP contribution in [0.4, 0.5) is 0 Å². The highest BCUT2D eigenvalue weighted by Gasteiger charge is 2.54. The summed E-state index contributed by atoms with van der Waals surface area (Å²) >= 11 is 0. The summed E-state index contributed by atoms with van der Waals surface area (Å²) in [5.41, 5.74) is -1.44. The standard InChI is InChI=1S/C10H10O5/c1-6-2-3-7(15-6)8(11)10(9(12)13)4-14-5-10/h2-3H,4-5H2,1H3,(H,12,13). The van der Waals surface area contributed by atoms with Crippen LogP contribution in [0.3, 0.4) is 0 Å². The first-order valence-electron chi connectivity index (χ1n) is 4.49. The minimum absolute atomic E-state index is 0.0817. The molecule has 0 aliphatic carbocycles. The predicted molar refractivity (Wildman–Crippen MR) is 48.7 cm³/mol. The summed E-state index contributed by atoms with van der Waals surface area (Å²) in [7, 11) is 0. The van der Waals surface area contributed by atoms with E-state index in [0.29, 0.717) is 5.76 Å². The normalized spacial score (nSPS) is 18.2. The molecule has 0 unspecified atom stereocenters. The van der Waals surface area contributed by atoms with Crippen LogP contribution >= 0.6 is 0 Å². The summed E-state index contributed by atoms with van der Waals surface area (Å²) in [5, 5.41) is 8.98. The molecule has 1 aromatic rings. The first-order valence-corrected chi connectivity index (χ1v) is 4.49. The first kappa shape index (κ1) is 9.92. The van der Waals surface area contributed by atoms with Crippen molar-refractivity contribution in [2.45, 2.75) is 6.92 Å². The lowest BCUT2D eigenvalue weighted by molar-refractivity contribution is -0.169. The van der Waals surface area contributed by atoms with E-state index in [2.05, 4.69) is 0 Å². The van der Waals surface area contributed by atoms with Crippen LogP contribution in [0, 0.1) is 12.3 Å². The molecule has 1 aliphatic heterocycles. The Morgan fingerprint density at radius 2 is 2.07 bits per heavy atom. The lowest BCUT2D eigenvalue weighted by Gasteiger charge is -2.34. The van der Waals surface area contributed by atoms with E-state index in [9.17, 15) is 9.59 Å². The fraction of sp³-hybridized carbons (Fsp3) is 0.400. The number of Topliss-reactive ketones (excluding diaryl/α,β-unsaturated/α-hetero) is 1. The smallest absolute Gasteiger partial charge is 0.322 e. The Kier molecular flexibility index (Phi) is 2.12. The molecular weight excluding hydrogens is 200 g/mol. The van der Waals surface area contributed by atoms with Gasteiger partial charge in [-0.3, -0.25) is 9.59 Å². The average Bonchev–Trinajstić information content (AvgIpc) is 2.48. The van der Waals surface area contributed by atoms with Gasteiger partial charge in [0.2, 0.25) is 5.78 Å². The van der Waals surface area contributed by atoms with Crippen molar-refractivity contribution < 1.29 is 23.8 Å². The summed E-state index contributed by atoms with van der Waals surface area (Å²) in [5.74, 6) is -1.01. The maximum Gasteiger partial charge on any atom is 0.322 e. The largest absolute Gasteiger partial charge is 0.480 e. The SMILES string of the molecule is Cc1ccc(C(=O)C2(C(=O)O)COC2)o1. The molecule has 0 bridgehead atoms. The van der Waals surface area contributed by atoms with E-state index in [0.717, 1.165) is 0 Å². The third kappa shape index (κ3) is 1.35. The number of hydrogen-bond donors (Lipinski definition) is 1. The Bertz CT molecular complexity index is 413. The summed E-state index contributed by atoms with van der Waals surface area (Å²) < 4.78 is 9.91. The zero-order valence-corrected chi connectivity index (χ0v) is 8.15. The molecule has 1 fully saturated rings. The van der Waals surface area contributed by atoms with Crippen molar-refractivity contribution in [1.29, 1.82) is 0 Å². The van der Waals surface area contributed by atoms with Crippen molar-refractivity contribution in [1.82, 2.24) is 0 Å². The maximum atomic E-state index is 11.8. The Morgan fingerprint density at radius 1 is 1.40 bits per heavy atom. The van der Waals surface area contributed by atoms with E-state index < -0.39 is 17.2 Å². The summed E-state index contributed by atoms with van der Waals surface area (Å²) in [6, 6.07) is 3.11. The number of carbonyl (C=O) groups is 2. The number of rotatable bonds is 3. The first-order chi connectivity index (χ1) is 7.06. The topological polar surface area (TPSA) is 76.7 Å². The molecule has 0 saturated carbocycles. The Labute approximate surface area is 85.6 Å². The number of carboxylic acids is 1. The van der Waals surface area contributed by atoms with Gasteiger partial charge >= 0.3 is 5.97 Å². The van der Waals surface area contributed by atoms with Crippen LogP contribution in [0.5, 0.6) is 0 Å². The maximum absolute atomic E-state index is 11.8. The van der Waals surface area contributed by atoms with Crippen LogP contribution in [0.2, 0.25) is 0 Å². The van der Waals surface area contributed by atoms with Gasteiger partial charge in [0.1, 0.15) is 5.76 Å². The number of furan rings is 1. The molecule has 80 valence electrons. The molecular formula is C10H10O5. The highest BCUT2D eigenvalue weighted by Crippen LogP contribution is 2.32. The van der Waals surface area contributed by atoms with Gasteiger partial charge in [-0.2, -0.15) is 0 Å². The molecule has 2 heterocycles. The van der Waals surface area contributed by atoms with Crippen molar-refractivity contribution >= 4 is 11.8 Å². The van der Waals surface area contributed by atoms with Crippen molar-refractivity contribution in [2.24, 2.45) is 5.41 Å². The summed E-state index contributed by atoms with van der Waals surface area (Å²) in [6.45, 7) is 1.53. The Morgan fingerprint density at radius 3 is 2.40 bits per heavy atom. The second-order valence-electron chi connectivity index (χ2n) is 3.62. The van der Waals surface area contributed by atoms with Gasteiger partial charge in [-0.05, 0) is 19.1 Å². The number of ether oxygens (including phenoxy) is 1. The monoisotopic (exact) mass is 210 g/mol. The van der Waals surface area contributed by atoms with Gasteiger partial charge in [0, 0.05) is 0 Å². The van der Waals surface area contributed by atoms with Crippen molar-refractivity contribution in [3.63, 3.8) is 0 Å². The summed E-state index contributed by atoms with van der Waals surface area (Å²) in [6.07, 6.45) is 0. The van der Waals surface area contributed by atoms with Gasteiger partial charge in [-0.15, -0.1) is 0 Å². The molecule has 5 heteroatoms. The molecule has 1 saturated heterocycles. The number of aliphatic carboxylic acids is 1. The van der Waals surface area contributed by atoms with Crippen molar-refractivity contribution in [3.05, 3.63) is 23.7 Å². The van der Waals surface area contributed by atoms with Crippen molar-refractivity contribution in [3.8, 4) is 0 Å². The van der Waals surface area contributed by atoms with Gasteiger partial charge < -0.3 is 14.3 Å². The van der Waals surface area contributed by atoms with E-state index >= 15 is 0 Å². The molecule has 1 aliphatic rings. The number of ketones is 1. The van der Waals surface area contributed by atoms with Gasteiger partial charge in [0.25, 0.3) is 0 Å². The number of carboxylic acid groups (broad SMARTS) is 1. The van der Waals surface area contributed by atoms with Crippen LogP contribution in [0.25, 0.3) is 0 Å². The van der Waals surface area contributed by atoms with Gasteiger partial charge in [0.15, 0.2) is 11.2 Å². The zero-order chi connectivity index (χ0) is 11.1. The molecule has 1 N–H and O–H groups in total. The third-order valence-corrected chi connectivity index (χ3v) is 2.51. The zero-order valence-electron chi connectivity index (χ0n) is 8.15. The third-order valence-electron chi connectivity index (χ3n) is 2.51. The lowest BCUT2D eigenvalue weighted by atomic mass is 9.80. The fourth-order valence-corrected chi connectivity index (χ4v) is 1.45. The van der Waals surface area contributed by atoms with Crippen LogP contribution in [-0.2, 0) is 9.53 Å². The van der Waals surface area contributed by atoms with E-state index in [4.69, 9.17) is 14.3 Å². The molecule has 0 aromatic carbocycles. The van der Waals surface area contributed by atoms with Crippen LogP contribution in [0.1, 0.15) is 16.3 Å². The van der Waals surface area contributed by atoms with Crippen LogP contribution < -0.4 is 0 Å². The molecule has 2 rings (SSSR count). The molecule has 0 amide bonds. The highest BCUT2D eigenvalue weighted by atomic mass is 16.5. The second-order valence-corrected chi connectivity index (χ2v) is 3.62. The minimum Gasteiger partial charge on any atom is -0.480 e. The van der Waals surface area contributed by atoms with Crippen LogP contribution in [0.15, 0.2) is 16.5 Å². The van der Waals surface area contributed by atoms with E-state index in [1.54, 1.807) is 13.0 Å². The quantitative estimate of drug-likeness (QED) is 0.591. The van der Waals surface area contributed by atoms with Crippen LogP contribution in [-0.4, -0.2) is 30.1 Å². The molecule has 15 heavy (non-hydrogen) atoms. The molecule has 0 atom stereocenters. The number of aryl methyl sites for hydroxylation is 1. The van der Waals surface area contributed by atoms with Gasteiger partial charge in [0.05, 0.1) is 13.2 Å². The van der Waals surface area contributed by atoms with E-state index in [-0.39, 0.29) is 19.0 Å². The molecule has 0 radical (unpaired) electrons. The highest BCUT2D eigenvalue weighted by molar-refractivity contribution is 6.11. The fourth-order valence-electron chi connectivity index (χ4n) is 1.45. The Balaban J connectivity index is 2.31. The van der Waals surface area contributed by atoms with Gasteiger partial charge in [-0.25, -0.2) is 0 Å². The molecule has 5 nitrogen and oxygen atoms in total. The van der Waals surface area contributed by atoms with Gasteiger partial charge in [-0.1, -0.05) is 0 Å². The average molecular weight is 210 g/mol. The minimum atomic E-state index is -1.44. The predicted octanol–water partition coefficient (Wildman–Crippen LogP) is 0.872. The van der Waals surface area contributed by atoms with Crippen molar-refractivity contribution in [2.75, 3.05) is 13.2 Å². The molecule has 0 spiro atoms. The van der Waals surface area contributed by atoms with E-state index in [1.807, 2.05) is 0 Å². The lowest BCUT2D eigenvalue weighted by Crippen LogP contribution is -2.54. The van der Waals surface area contributed by atoms with E-state index in [1.165, 1.54) is 6.07 Å². The number of hydrogen-bond acceptors (Lipinski definition) is 4.